The van der Waals surface area contributed by atoms with Crippen molar-refractivity contribution >= 4 is 34.9 Å². The number of benzene rings is 1. The largest absolute Gasteiger partial charge is 0.386 e. The topological polar surface area (TPSA) is 232 Å². The first kappa shape index (κ1) is 38.9. The highest BCUT2D eigenvalue weighted by Crippen LogP contribution is 2.48. The zero-order valence-corrected chi connectivity index (χ0v) is 26.5. The third kappa shape index (κ3) is 7.98. The van der Waals surface area contributed by atoms with Crippen LogP contribution < -0.4 is 5.32 Å². The van der Waals surface area contributed by atoms with Crippen molar-refractivity contribution in [2.75, 3.05) is 19.8 Å². The number of aliphatic hydroxyl groups is 4. The number of carbonyl (C=O) groups excluding carboxylic acids is 6. The fourth-order valence-corrected chi connectivity index (χ4v) is 5.29. The summed E-state index contributed by atoms with van der Waals surface area (Å²) in [7, 11) is 0. The number of amides is 2. The minimum absolute atomic E-state index is 0.0440. The molecule has 5 N–H and O–H groups in total. The quantitative estimate of drug-likeness (QED) is 0.0952. The van der Waals surface area contributed by atoms with Gasteiger partial charge in [-0.1, -0.05) is 30.3 Å². The van der Waals surface area contributed by atoms with Crippen molar-refractivity contribution in [1.29, 1.82) is 0 Å². The zero-order chi connectivity index (χ0) is 34.9. The van der Waals surface area contributed by atoms with E-state index in [1.807, 2.05) is 30.3 Å². The minimum Gasteiger partial charge on any atom is -0.386 e. The smallest absolute Gasteiger partial charge is 0.283 e. The molecule has 15 heteroatoms. The number of hydrogen-bond donors (Lipinski definition) is 5. The normalized spacial score (nSPS) is 27.3. The van der Waals surface area contributed by atoms with Gasteiger partial charge in [0.25, 0.3) is 5.91 Å². The van der Waals surface area contributed by atoms with Crippen LogP contribution >= 0.6 is 0 Å². The van der Waals surface area contributed by atoms with Gasteiger partial charge in [0.05, 0.1) is 13.2 Å². The molecule has 1 aliphatic rings. The Bertz CT molecular complexity index is 1270. The molecule has 46 heavy (non-hydrogen) atoms. The van der Waals surface area contributed by atoms with Crippen LogP contribution in [0.1, 0.15) is 59.4 Å². The number of imide groups is 1. The van der Waals surface area contributed by atoms with Crippen LogP contribution in [0.15, 0.2) is 30.3 Å². The lowest BCUT2D eigenvalue weighted by atomic mass is 9.58. The molecule has 0 bridgehead atoms. The maximum atomic E-state index is 12.9. The molecule has 1 saturated heterocycles. The summed E-state index contributed by atoms with van der Waals surface area (Å²) in [6, 6.07) is 9.40. The standard InChI is InChI=1S/C31H43NO14/c1-6-44-28(27(39)32-24(37)13-10-15-43-17-22-11-8-7-9-12-22)45-16-14-23-29(40,19(3)34)31(42,21(5)36)30(41,20(4)35)26(46-23)25(38)18(2)33/h7-9,11-12,18,23,26,28,33,40-42H,6,10,13-17H2,1-5H3,(H,32,37,39)/t18?,23-,26+,28?,29-,30-,31+/m0/s1. The summed E-state index contributed by atoms with van der Waals surface area (Å²) in [4.78, 5) is 76.3. The van der Waals surface area contributed by atoms with Crippen LogP contribution in [0.25, 0.3) is 0 Å². The molecule has 0 aliphatic carbocycles. The second kappa shape index (κ2) is 16.5. The van der Waals surface area contributed by atoms with E-state index in [0.717, 1.165) is 19.4 Å². The molecule has 1 fully saturated rings. The molecule has 2 rings (SSSR count). The van der Waals surface area contributed by atoms with Crippen molar-refractivity contribution in [3.8, 4) is 0 Å². The Morgan fingerprint density at radius 1 is 0.913 bits per heavy atom. The Morgan fingerprint density at radius 2 is 1.52 bits per heavy atom. The summed E-state index contributed by atoms with van der Waals surface area (Å²) in [6.45, 7) is 4.64. The second-order valence-corrected chi connectivity index (χ2v) is 11.0. The number of aliphatic hydroxyl groups excluding tert-OH is 1. The number of rotatable bonds is 18. The van der Waals surface area contributed by atoms with Crippen LogP contribution in [-0.4, -0.2) is 117 Å². The van der Waals surface area contributed by atoms with E-state index in [1.165, 1.54) is 6.92 Å². The van der Waals surface area contributed by atoms with E-state index >= 15 is 0 Å². The van der Waals surface area contributed by atoms with Crippen molar-refractivity contribution in [2.24, 2.45) is 0 Å². The third-order valence-corrected chi connectivity index (χ3v) is 7.75. The molecule has 1 aliphatic heterocycles. The van der Waals surface area contributed by atoms with Crippen LogP contribution in [0, 0.1) is 0 Å². The summed E-state index contributed by atoms with van der Waals surface area (Å²) >= 11 is 0. The molecule has 15 nitrogen and oxygen atoms in total. The highest BCUT2D eigenvalue weighted by Gasteiger charge is 2.78. The van der Waals surface area contributed by atoms with Crippen molar-refractivity contribution in [3.63, 3.8) is 0 Å². The van der Waals surface area contributed by atoms with Crippen LogP contribution in [0.4, 0.5) is 0 Å². The lowest BCUT2D eigenvalue weighted by Gasteiger charge is -2.57. The summed E-state index contributed by atoms with van der Waals surface area (Å²) in [5, 5.41) is 46.5. The van der Waals surface area contributed by atoms with Gasteiger partial charge in [0.2, 0.25) is 12.2 Å². The van der Waals surface area contributed by atoms with E-state index in [9.17, 15) is 49.2 Å². The number of ketones is 4. The summed E-state index contributed by atoms with van der Waals surface area (Å²) in [5.41, 5.74) is -9.43. The van der Waals surface area contributed by atoms with Crippen molar-refractivity contribution in [3.05, 3.63) is 35.9 Å². The van der Waals surface area contributed by atoms with Gasteiger partial charge in [-0.3, -0.25) is 34.1 Å². The van der Waals surface area contributed by atoms with Gasteiger partial charge < -0.3 is 39.4 Å². The van der Waals surface area contributed by atoms with Gasteiger partial charge in [-0.05, 0) is 46.6 Å². The molecule has 2 amide bonds. The zero-order valence-electron chi connectivity index (χ0n) is 26.5. The number of hydrogen-bond acceptors (Lipinski definition) is 14. The molecule has 1 aromatic carbocycles. The van der Waals surface area contributed by atoms with E-state index < -0.39 is 89.4 Å². The predicted molar refractivity (Wildman–Crippen MR) is 157 cm³/mol. The number of Topliss-reactive ketones (excluding diaryl/α,β-unsaturated/α-hetero) is 4. The first-order valence-electron chi connectivity index (χ1n) is 14.8. The molecule has 7 atom stereocenters. The Labute approximate surface area is 266 Å². The highest BCUT2D eigenvalue weighted by molar-refractivity contribution is 6.08. The first-order valence-corrected chi connectivity index (χ1v) is 14.8. The molecule has 0 spiro atoms. The average molecular weight is 654 g/mol. The Balaban J connectivity index is 2.15. The van der Waals surface area contributed by atoms with Gasteiger partial charge >= 0.3 is 0 Å². The highest BCUT2D eigenvalue weighted by atomic mass is 16.7. The molecule has 1 aromatic rings. The fourth-order valence-electron chi connectivity index (χ4n) is 5.29. The number of nitrogens with one attached hydrogen (secondary N) is 1. The first-order chi connectivity index (χ1) is 21.5. The SMILES string of the molecule is CCOC(OCC[C@@H]1O[C@H](C(=O)C(C)O)[C@@](O)(C(C)=O)[C@@](O)(C(C)=O)[C@]1(O)C(C)=O)C(=O)NC(=O)CCCOCc1ccccc1. The average Bonchev–Trinajstić information content (AvgIpc) is 2.99. The summed E-state index contributed by atoms with van der Waals surface area (Å²) < 4.78 is 21.7. The Morgan fingerprint density at radius 3 is 2.04 bits per heavy atom. The van der Waals surface area contributed by atoms with Crippen LogP contribution in [-0.2, 0) is 54.3 Å². The maximum absolute atomic E-state index is 12.9. The predicted octanol–water partition coefficient (Wildman–Crippen LogP) is -0.927. The number of ether oxygens (including phenoxy) is 4. The second-order valence-electron chi connectivity index (χ2n) is 11.0. The van der Waals surface area contributed by atoms with Crippen molar-refractivity contribution < 1.29 is 68.1 Å². The summed E-state index contributed by atoms with van der Waals surface area (Å²) in [5.74, 6) is -7.11. The van der Waals surface area contributed by atoms with E-state index in [1.54, 1.807) is 0 Å². The van der Waals surface area contributed by atoms with Crippen LogP contribution in [0.2, 0.25) is 0 Å². The molecule has 256 valence electrons. The monoisotopic (exact) mass is 653 g/mol. The van der Waals surface area contributed by atoms with Gasteiger partial charge in [0.15, 0.2) is 46.0 Å². The molecular weight excluding hydrogens is 610 g/mol. The number of carbonyl (C=O) groups is 6. The fraction of sp³-hybridized carbons (Fsp3) is 0.613. The van der Waals surface area contributed by atoms with Crippen molar-refractivity contribution in [2.45, 2.75) is 102 Å². The lowest BCUT2D eigenvalue weighted by Crippen LogP contribution is -2.86. The van der Waals surface area contributed by atoms with E-state index in [0.29, 0.717) is 26.9 Å². The third-order valence-electron chi connectivity index (χ3n) is 7.75. The van der Waals surface area contributed by atoms with Crippen molar-refractivity contribution in [1.82, 2.24) is 5.32 Å². The lowest BCUT2D eigenvalue weighted by molar-refractivity contribution is -0.315. The molecule has 0 radical (unpaired) electrons. The summed E-state index contributed by atoms with van der Waals surface area (Å²) in [6.07, 6.45) is -8.29. The molecular formula is C31H43NO14. The van der Waals surface area contributed by atoms with Crippen LogP contribution in [0.5, 0.6) is 0 Å². The van der Waals surface area contributed by atoms with Crippen LogP contribution in [0.3, 0.4) is 0 Å². The molecule has 0 saturated carbocycles. The van der Waals surface area contributed by atoms with E-state index in [2.05, 4.69) is 5.32 Å². The van der Waals surface area contributed by atoms with Gasteiger partial charge in [-0.15, -0.1) is 0 Å². The van der Waals surface area contributed by atoms with Gasteiger partial charge in [0.1, 0.15) is 12.2 Å². The Hall–Kier alpha value is -3.28. The molecule has 1 heterocycles. The molecule has 2 unspecified atom stereocenters. The Kier molecular flexibility index (Phi) is 14.0. The van der Waals surface area contributed by atoms with E-state index in [-0.39, 0.29) is 19.6 Å². The maximum Gasteiger partial charge on any atom is 0.283 e. The molecule has 0 aromatic heterocycles. The van der Waals surface area contributed by atoms with E-state index in [4.69, 9.17) is 18.9 Å². The van der Waals surface area contributed by atoms with Gasteiger partial charge in [0, 0.05) is 26.1 Å². The minimum atomic E-state index is -3.61. The van der Waals surface area contributed by atoms with Gasteiger partial charge in [-0.2, -0.15) is 0 Å². The van der Waals surface area contributed by atoms with Gasteiger partial charge in [-0.25, -0.2) is 0 Å².